The summed E-state index contributed by atoms with van der Waals surface area (Å²) in [5.74, 6) is -1.22. The van der Waals surface area contributed by atoms with Crippen LogP contribution in [0.3, 0.4) is 0 Å². The first kappa shape index (κ1) is 29.2. The van der Waals surface area contributed by atoms with E-state index in [1.54, 1.807) is 44.2 Å². The predicted molar refractivity (Wildman–Crippen MR) is 141 cm³/mol. The molecule has 3 aromatic rings. The molecule has 212 valence electrons. The van der Waals surface area contributed by atoms with Crippen LogP contribution in [0.2, 0.25) is 0 Å². The monoisotopic (exact) mass is 585 g/mol. The number of alkyl halides is 1. The number of carbonyl (C=O) groups excluding carboxylic acids is 1. The van der Waals surface area contributed by atoms with Crippen LogP contribution in [-0.2, 0) is 23.4 Å². The molecule has 1 saturated heterocycles. The standard InChI is InChI=1S/C24H30ClFN5O7P/c1-13(2)36-22(33)14(3)30-39(34,38-15-8-6-5-7-9-15)35-11-17-19(32)24(4,25)23(37-17)31-10-16(26)18-20(27)28-12-29-21(18)31/h5-10,12-14,17,19,23,32H,11H2,1-4H3,(H,30,34)(H2,27,28,29)/t14-,17-,19-,23?,24-,39?/m1/s1. The Labute approximate surface area is 229 Å². The molecule has 2 aromatic heterocycles. The highest BCUT2D eigenvalue weighted by molar-refractivity contribution is 7.52. The quantitative estimate of drug-likeness (QED) is 0.181. The smallest absolute Gasteiger partial charge is 0.459 e. The number of carbonyl (C=O) groups is 1. The van der Waals surface area contributed by atoms with E-state index in [-0.39, 0.29) is 22.6 Å². The summed E-state index contributed by atoms with van der Waals surface area (Å²) in [5, 5.41) is 13.6. The van der Waals surface area contributed by atoms with Gasteiger partial charge in [-0.1, -0.05) is 18.2 Å². The Hall–Kier alpha value is -2.80. The largest absolute Gasteiger partial charge is 0.462 e. The number of hydrogen-bond acceptors (Lipinski definition) is 10. The molecule has 4 rings (SSSR count). The molecule has 0 amide bonds. The summed E-state index contributed by atoms with van der Waals surface area (Å²) >= 11 is 6.69. The van der Waals surface area contributed by atoms with Crippen molar-refractivity contribution in [2.24, 2.45) is 0 Å². The maximum atomic E-state index is 14.7. The Morgan fingerprint density at radius 2 is 2.03 bits per heavy atom. The van der Waals surface area contributed by atoms with Gasteiger partial charge < -0.3 is 29.4 Å². The number of nitrogens with two attached hydrogens (primary N) is 1. The summed E-state index contributed by atoms with van der Waals surface area (Å²) in [6.07, 6.45) is -1.75. The predicted octanol–water partition coefficient (Wildman–Crippen LogP) is 3.54. The van der Waals surface area contributed by atoms with Gasteiger partial charge in [-0.25, -0.2) is 18.9 Å². The van der Waals surface area contributed by atoms with Crippen molar-refractivity contribution in [1.29, 1.82) is 0 Å². The van der Waals surface area contributed by atoms with Gasteiger partial charge in [0.25, 0.3) is 0 Å². The molecule has 1 aromatic carbocycles. The summed E-state index contributed by atoms with van der Waals surface area (Å²) in [6.45, 7) is 5.84. The molecule has 1 fully saturated rings. The zero-order valence-corrected chi connectivity index (χ0v) is 23.3. The van der Waals surface area contributed by atoms with Gasteiger partial charge in [-0.3, -0.25) is 9.32 Å². The Bertz CT molecular complexity index is 1380. The van der Waals surface area contributed by atoms with Crippen LogP contribution in [0.5, 0.6) is 5.75 Å². The molecule has 0 bridgehead atoms. The van der Waals surface area contributed by atoms with Crippen molar-refractivity contribution in [3.8, 4) is 5.75 Å². The molecule has 1 aliphatic rings. The Morgan fingerprint density at radius 3 is 2.69 bits per heavy atom. The Balaban J connectivity index is 1.56. The van der Waals surface area contributed by atoms with Crippen molar-refractivity contribution in [2.45, 2.75) is 63.2 Å². The van der Waals surface area contributed by atoms with E-state index >= 15 is 0 Å². The van der Waals surface area contributed by atoms with Gasteiger partial charge >= 0.3 is 13.7 Å². The summed E-state index contributed by atoms with van der Waals surface area (Å²) < 4.78 is 52.2. The molecule has 39 heavy (non-hydrogen) atoms. The van der Waals surface area contributed by atoms with Gasteiger partial charge in [0, 0.05) is 6.20 Å². The van der Waals surface area contributed by atoms with Crippen LogP contribution in [0.1, 0.15) is 33.9 Å². The number of nitrogens with zero attached hydrogens (tertiary/aromatic N) is 3. The molecule has 0 radical (unpaired) electrons. The van der Waals surface area contributed by atoms with Crippen molar-refractivity contribution in [3.63, 3.8) is 0 Å². The summed E-state index contributed by atoms with van der Waals surface area (Å²) in [5.41, 5.74) is 5.92. The van der Waals surface area contributed by atoms with Gasteiger partial charge in [-0.2, -0.15) is 5.09 Å². The first-order chi connectivity index (χ1) is 18.3. The lowest BCUT2D eigenvalue weighted by atomic mass is 10.0. The third kappa shape index (κ3) is 6.19. The highest BCUT2D eigenvalue weighted by atomic mass is 35.5. The average molecular weight is 586 g/mol. The number of rotatable bonds is 10. The fourth-order valence-electron chi connectivity index (χ4n) is 4.10. The third-order valence-electron chi connectivity index (χ3n) is 6.00. The molecule has 4 N–H and O–H groups in total. The number of aromatic nitrogens is 3. The minimum atomic E-state index is -4.24. The fraction of sp³-hybridized carbons (Fsp3) is 0.458. The number of halogens is 2. The van der Waals surface area contributed by atoms with Crippen molar-refractivity contribution in [2.75, 3.05) is 12.3 Å². The second-order valence-corrected chi connectivity index (χ2v) is 12.0. The number of nitrogen functional groups attached to an aromatic ring is 1. The highest BCUT2D eigenvalue weighted by Crippen LogP contribution is 2.49. The second-order valence-electron chi connectivity index (χ2n) is 9.50. The zero-order valence-electron chi connectivity index (χ0n) is 21.7. The molecule has 0 saturated carbocycles. The fourth-order valence-corrected chi connectivity index (χ4v) is 5.90. The minimum Gasteiger partial charge on any atom is -0.462 e. The number of anilines is 1. The number of para-hydroxylation sites is 1. The van der Waals surface area contributed by atoms with Crippen LogP contribution in [0.15, 0.2) is 42.9 Å². The van der Waals surface area contributed by atoms with E-state index in [1.807, 2.05) is 0 Å². The molecule has 0 spiro atoms. The van der Waals surface area contributed by atoms with Crippen molar-refractivity contribution in [3.05, 3.63) is 48.7 Å². The van der Waals surface area contributed by atoms with Gasteiger partial charge in [0.05, 0.1) is 18.1 Å². The van der Waals surface area contributed by atoms with Crippen LogP contribution in [0, 0.1) is 5.82 Å². The number of esters is 1. The van der Waals surface area contributed by atoms with Crippen LogP contribution in [0.4, 0.5) is 10.2 Å². The first-order valence-corrected chi connectivity index (χ1v) is 14.0. The third-order valence-corrected chi connectivity index (χ3v) is 8.05. The molecule has 12 nitrogen and oxygen atoms in total. The van der Waals surface area contributed by atoms with Crippen LogP contribution < -0.4 is 15.3 Å². The van der Waals surface area contributed by atoms with Gasteiger partial charge in [0.1, 0.15) is 41.0 Å². The molecule has 0 aliphatic carbocycles. The van der Waals surface area contributed by atoms with E-state index in [1.165, 1.54) is 24.7 Å². The highest BCUT2D eigenvalue weighted by Gasteiger charge is 2.54. The lowest BCUT2D eigenvalue weighted by molar-refractivity contribution is -0.149. The van der Waals surface area contributed by atoms with Gasteiger partial charge in [0.2, 0.25) is 0 Å². The Kier molecular flexibility index (Phi) is 8.50. The SMILES string of the molecule is CC(C)OC(=O)[C@@H](C)NP(=O)(OC[C@H]1OC(n2cc(F)c3c(N)ncnc32)[C@](C)(Cl)[C@@H]1O)Oc1ccccc1. The van der Waals surface area contributed by atoms with Crippen LogP contribution in [0.25, 0.3) is 11.0 Å². The molecule has 15 heteroatoms. The zero-order chi connectivity index (χ0) is 28.5. The molecule has 1 aliphatic heterocycles. The number of benzene rings is 1. The van der Waals surface area contributed by atoms with Crippen molar-refractivity contribution in [1.82, 2.24) is 19.6 Å². The molecular formula is C24H30ClFN5O7P. The number of aliphatic hydroxyl groups is 1. The molecule has 6 atom stereocenters. The van der Waals surface area contributed by atoms with Gasteiger partial charge in [-0.15, -0.1) is 11.6 Å². The second kappa shape index (κ2) is 11.4. The normalized spacial score (nSPS) is 25.5. The van der Waals surface area contributed by atoms with Crippen LogP contribution in [-0.4, -0.2) is 61.4 Å². The van der Waals surface area contributed by atoms with E-state index in [0.29, 0.717) is 0 Å². The van der Waals surface area contributed by atoms with Gasteiger partial charge in [-0.05, 0) is 39.8 Å². The van der Waals surface area contributed by atoms with Gasteiger partial charge in [0.15, 0.2) is 17.7 Å². The molecule has 2 unspecified atom stereocenters. The number of fused-ring (bicyclic) bond motifs is 1. The summed E-state index contributed by atoms with van der Waals surface area (Å²) in [7, 11) is -4.24. The van der Waals surface area contributed by atoms with E-state index in [9.17, 15) is 18.9 Å². The van der Waals surface area contributed by atoms with E-state index in [0.717, 1.165) is 6.20 Å². The maximum absolute atomic E-state index is 14.7. The van der Waals surface area contributed by atoms with Crippen molar-refractivity contribution < 1.29 is 37.4 Å². The topological polar surface area (TPSA) is 160 Å². The average Bonchev–Trinajstić information content (AvgIpc) is 3.31. The van der Waals surface area contributed by atoms with E-state index in [2.05, 4.69) is 15.1 Å². The number of aliphatic hydroxyl groups excluding tert-OH is 1. The first-order valence-electron chi connectivity index (χ1n) is 12.1. The van der Waals surface area contributed by atoms with E-state index in [4.69, 9.17) is 35.9 Å². The molecular weight excluding hydrogens is 556 g/mol. The minimum absolute atomic E-state index is 0.0185. The lowest BCUT2D eigenvalue weighted by Crippen LogP contribution is -2.40. The maximum Gasteiger partial charge on any atom is 0.459 e. The van der Waals surface area contributed by atoms with E-state index < -0.39 is 61.6 Å². The number of nitrogens with one attached hydrogen (secondary N) is 1. The summed E-state index contributed by atoms with van der Waals surface area (Å²) in [4.78, 5) is 18.8. The van der Waals surface area contributed by atoms with Crippen molar-refractivity contribution >= 4 is 42.2 Å². The Morgan fingerprint density at radius 1 is 1.33 bits per heavy atom. The number of hydrogen-bond donors (Lipinski definition) is 3. The molecule has 3 heterocycles. The number of ether oxygens (including phenoxy) is 2. The van der Waals surface area contributed by atoms with Crippen LogP contribution >= 0.6 is 19.3 Å². The summed E-state index contributed by atoms with van der Waals surface area (Å²) in [6, 6.07) is 7.12. The lowest BCUT2D eigenvalue weighted by Gasteiger charge is -2.26.